The van der Waals surface area contributed by atoms with Crippen LogP contribution in [-0.4, -0.2) is 19.3 Å². The maximum atomic E-state index is 13.5. The van der Waals surface area contributed by atoms with E-state index in [-0.39, 0.29) is 0 Å². The van der Waals surface area contributed by atoms with E-state index in [1.54, 1.807) is 13.2 Å². The molecule has 0 aromatic rings. The highest BCUT2D eigenvalue weighted by atomic mass is 19.1. The van der Waals surface area contributed by atoms with Crippen molar-refractivity contribution in [3.8, 4) is 6.07 Å². The molecule has 0 fully saturated rings. The first-order valence-electron chi connectivity index (χ1n) is 12.7. The SMILES string of the molecule is C=C(CC1C=CC(C#N)=CC1)C1=C(OC)C=C(C2=CNC(C3C=C[C@@H](F)CC3)CCC2C)CC1. The molecule has 0 radical (unpaired) electrons. The summed E-state index contributed by atoms with van der Waals surface area (Å²) in [7, 11) is 1.75. The molecule has 3 aliphatic carbocycles. The first kappa shape index (κ1) is 24.3. The van der Waals surface area contributed by atoms with Gasteiger partial charge in [-0.15, -0.1) is 0 Å². The molecule has 34 heavy (non-hydrogen) atoms. The number of hydrogen-bond donors (Lipinski definition) is 1. The fourth-order valence-corrected chi connectivity index (χ4v) is 5.70. The second kappa shape index (κ2) is 11.1. The number of halogens is 1. The van der Waals surface area contributed by atoms with E-state index in [4.69, 9.17) is 10.00 Å². The molecule has 0 spiro atoms. The fourth-order valence-electron chi connectivity index (χ4n) is 5.70. The Kier molecular flexibility index (Phi) is 7.93. The highest BCUT2D eigenvalue weighted by molar-refractivity contribution is 5.47. The highest BCUT2D eigenvalue weighted by Crippen LogP contribution is 2.39. The lowest BCUT2D eigenvalue weighted by atomic mass is 9.81. The molecule has 1 heterocycles. The highest BCUT2D eigenvalue weighted by Gasteiger charge is 2.28. The molecular weight excluding hydrogens is 423 g/mol. The van der Waals surface area contributed by atoms with E-state index in [9.17, 15) is 4.39 Å². The van der Waals surface area contributed by atoms with Crippen LogP contribution in [0.4, 0.5) is 4.39 Å². The van der Waals surface area contributed by atoms with Crippen molar-refractivity contribution >= 4 is 0 Å². The summed E-state index contributed by atoms with van der Waals surface area (Å²) in [6.45, 7) is 6.71. The summed E-state index contributed by atoms with van der Waals surface area (Å²) in [5.41, 5.74) is 5.81. The molecular formula is C30H37FN2O. The Morgan fingerprint density at radius 2 is 2.06 bits per heavy atom. The minimum Gasteiger partial charge on any atom is -0.496 e. The van der Waals surface area contributed by atoms with Gasteiger partial charge in [-0.25, -0.2) is 4.39 Å². The molecule has 0 amide bonds. The van der Waals surface area contributed by atoms with Gasteiger partial charge in [-0.3, -0.25) is 0 Å². The topological polar surface area (TPSA) is 45.0 Å². The van der Waals surface area contributed by atoms with Gasteiger partial charge in [0, 0.05) is 17.8 Å². The number of methoxy groups -OCH3 is 1. The van der Waals surface area contributed by atoms with Crippen LogP contribution in [0.5, 0.6) is 0 Å². The van der Waals surface area contributed by atoms with E-state index in [0.29, 0.717) is 30.2 Å². The number of nitrogens with one attached hydrogen (secondary N) is 1. The average molecular weight is 461 g/mol. The van der Waals surface area contributed by atoms with Gasteiger partial charge in [0.25, 0.3) is 0 Å². The van der Waals surface area contributed by atoms with Crippen LogP contribution in [0.3, 0.4) is 0 Å². The number of nitriles is 1. The van der Waals surface area contributed by atoms with Crippen LogP contribution in [-0.2, 0) is 4.74 Å². The number of ether oxygens (including phenoxy) is 1. The maximum absolute atomic E-state index is 13.5. The van der Waals surface area contributed by atoms with Gasteiger partial charge >= 0.3 is 0 Å². The average Bonchev–Trinajstić information content (AvgIpc) is 3.06. The third-order valence-corrected chi connectivity index (χ3v) is 7.84. The van der Waals surface area contributed by atoms with Crippen LogP contribution in [0.15, 0.2) is 82.9 Å². The van der Waals surface area contributed by atoms with Crippen molar-refractivity contribution in [3.05, 3.63) is 82.9 Å². The van der Waals surface area contributed by atoms with Crippen molar-refractivity contribution < 1.29 is 9.13 Å². The van der Waals surface area contributed by atoms with Gasteiger partial charge in [0.1, 0.15) is 11.9 Å². The summed E-state index contributed by atoms with van der Waals surface area (Å²) >= 11 is 0. The van der Waals surface area contributed by atoms with E-state index in [0.717, 1.165) is 61.9 Å². The van der Waals surface area contributed by atoms with Gasteiger partial charge in [-0.05, 0) is 104 Å². The van der Waals surface area contributed by atoms with Gasteiger partial charge in [0.05, 0.1) is 13.2 Å². The zero-order valence-electron chi connectivity index (χ0n) is 20.5. The Morgan fingerprint density at radius 3 is 2.74 bits per heavy atom. The summed E-state index contributed by atoms with van der Waals surface area (Å²) in [5, 5.41) is 12.7. The van der Waals surface area contributed by atoms with Crippen LogP contribution in [0.25, 0.3) is 0 Å². The number of rotatable bonds is 6. The van der Waals surface area contributed by atoms with Crippen molar-refractivity contribution in [2.75, 3.05) is 7.11 Å². The molecule has 4 unspecified atom stereocenters. The molecule has 1 N–H and O–H groups in total. The Labute approximate surface area is 204 Å². The van der Waals surface area contributed by atoms with Crippen molar-refractivity contribution in [2.45, 2.75) is 70.5 Å². The normalized spacial score (nSPS) is 31.5. The molecule has 4 aliphatic rings. The quantitative estimate of drug-likeness (QED) is 0.428. The molecule has 4 rings (SSSR count). The third-order valence-electron chi connectivity index (χ3n) is 7.84. The van der Waals surface area contributed by atoms with Crippen molar-refractivity contribution in [1.29, 1.82) is 5.26 Å². The van der Waals surface area contributed by atoms with Gasteiger partial charge in [0.15, 0.2) is 0 Å². The first-order valence-corrected chi connectivity index (χ1v) is 12.7. The number of allylic oxidation sites excluding steroid dienone is 10. The van der Waals surface area contributed by atoms with Crippen molar-refractivity contribution in [2.24, 2.45) is 17.8 Å². The smallest absolute Gasteiger partial charge is 0.122 e. The van der Waals surface area contributed by atoms with Crippen LogP contribution in [0.2, 0.25) is 0 Å². The first-order chi connectivity index (χ1) is 16.5. The van der Waals surface area contributed by atoms with Gasteiger partial charge in [-0.2, -0.15) is 5.26 Å². The Bertz CT molecular complexity index is 1020. The third kappa shape index (κ3) is 5.63. The molecule has 0 bridgehead atoms. The molecule has 3 nitrogen and oxygen atoms in total. The Balaban J connectivity index is 1.46. The van der Waals surface area contributed by atoms with E-state index < -0.39 is 6.17 Å². The molecule has 180 valence electrons. The van der Waals surface area contributed by atoms with Crippen molar-refractivity contribution in [1.82, 2.24) is 5.32 Å². The van der Waals surface area contributed by atoms with E-state index in [1.165, 1.54) is 16.7 Å². The largest absolute Gasteiger partial charge is 0.496 e. The van der Waals surface area contributed by atoms with Gasteiger partial charge in [0.2, 0.25) is 0 Å². The number of alkyl halides is 1. The minimum atomic E-state index is -0.775. The van der Waals surface area contributed by atoms with Crippen LogP contribution in [0, 0.1) is 29.1 Å². The zero-order valence-corrected chi connectivity index (χ0v) is 20.5. The summed E-state index contributed by atoms with van der Waals surface area (Å²) in [6, 6.07) is 2.59. The van der Waals surface area contributed by atoms with E-state index >= 15 is 0 Å². The van der Waals surface area contributed by atoms with Crippen LogP contribution < -0.4 is 5.32 Å². The minimum absolute atomic E-state index is 0.375. The van der Waals surface area contributed by atoms with E-state index in [1.807, 2.05) is 12.2 Å². The van der Waals surface area contributed by atoms with Crippen LogP contribution >= 0.6 is 0 Å². The van der Waals surface area contributed by atoms with Gasteiger partial charge in [-0.1, -0.05) is 37.8 Å². The van der Waals surface area contributed by atoms with Gasteiger partial charge < -0.3 is 10.1 Å². The summed E-state index contributed by atoms with van der Waals surface area (Å²) in [6.07, 6.45) is 21.0. The second-order valence-electron chi connectivity index (χ2n) is 10.1. The monoisotopic (exact) mass is 460 g/mol. The standard InChI is InChI=1S/C30H37FN2O/c1-20-4-15-29(24-9-12-26(31)13-10-24)33-19-28(20)25-11-14-27(30(17-25)34-3)21(2)16-22-5-7-23(18-32)8-6-22/h5,7-9,12,17,19-20,22,24,26,29,33H,2,4,6,10-11,13-16H2,1,3H3/t20?,22?,24?,26-,29?/m1/s1. The molecule has 0 saturated carbocycles. The fraction of sp³-hybridized carbons (Fsp3) is 0.500. The molecule has 5 atom stereocenters. The predicted molar refractivity (Wildman–Crippen MR) is 136 cm³/mol. The summed E-state index contributed by atoms with van der Waals surface area (Å²) in [5.74, 6) is 2.19. The second-order valence-corrected chi connectivity index (χ2v) is 10.1. The molecule has 0 saturated heterocycles. The lowest BCUT2D eigenvalue weighted by Crippen LogP contribution is -2.33. The lowest BCUT2D eigenvalue weighted by molar-refractivity contribution is 0.298. The Hall–Kier alpha value is -2.80. The Morgan fingerprint density at radius 1 is 1.21 bits per heavy atom. The maximum Gasteiger partial charge on any atom is 0.122 e. The zero-order chi connectivity index (χ0) is 24.1. The number of hydrogen-bond acceptors (Lipinski definition) is 3. The molecule has 0 aromatic carbocycles. The van der Waals surface area contributed by atoms with Crippen molar-refractivity contribution in [3.63, 3.8) is 0 Å². The lowest BCUT2D eigenvalue weighted by Gasteiger charge is -2.27. The summed E-state index contributed by atoms with van der Waals surface area (Å²) in [4.78, 5) is 0. The van der Waals surface area contributed by atoms with Crippen LogP contribution in [0.1, 0.15) is 58.3 Å². The molecule has 4 heteroatoms. The number of nitrogens with zero attached hydrogens (tertiary/aromatic N) is 1. The predicted octanol–water partition coefficient (Wildman–Crippen LogP) is 7.16. The van der Waals surface area contributed by atoms with E-state index in [2.05, 4.69) is 49.3 Å². The summed E-state index contributed by atoms with van der Waals surface area (Å²) < 4.78 is 19.4. The molecule has 1 aliphatic heterocycles. The molecule has 0 aromatic heterocycles.